The van der Waals surface area contributed by atoms with Crippen LogP contribution in [0.2, 0.25) is 0 Å². The molecule has 10 nitrogen and oxygen atoms in total. The van der Waals surface area contributed by atoms with Crippen molar-refractivity contribution in [2.75, 3.05) is 18.0 Å². The largest absolute Gasteiger partial charge is 0.478 e. The number of nitro benzene ring substituents is 1. The van der Waals surface area contributed by atoms with Gasteiger partial charge in [0.2, 0.25) is 0 Å². The van der Waals surface area contributed by atoms with Crippen LogP contribution >= 0.6 is 0 Å². The van der Waals surface area contributed by atoms with Gasteiger partial charge in [0, 0.05) is 42.8 Å². The summed E-state index contributed by atoms with van der Waals surface area (Å²) in [7, 11) is 0. The van der Waals surface area contributed by atoms with Crippen LogP contribution in [0.3, 0.4) is 0 Å². The quantitative estimate of drug-likeness (QED) is 0.352. The van der Waals surface area contributed by atoms with Crippen molar-refractivity contribution in [3.63, 3.8) is 0 Å². The molecule has 3 heterocycles. The van der Waals surface area contributed by atoms with Crippen LogP contribution in [0.1, 0.15) is 40.4 Å². The zero-order chi connectivity index (χ0) is 24.1. The molecule has 1 N–H and O–H groups in total. The lowest BCUT2D eigenvalue weighted by Gasteiger charge is -2.35. The number of aromatic nitrogens is 2. The minimum Gasteiger partial charge on any atom is -0.478 e. The first-order chi connectivity index (χ1) is 16.2. The summed E-state index contributed by atoms with van der Waals surface area (Å²) in [4.78, 5) is 41.8. The summed E-state index contributed by atoms with van der Waals surface area (Å²) in [6.07, 6.45) is 2.47. The van der Waals surface area contributed by atoms with Crippen LogP contribution < -0.4 is 10.7 Å². The molecule has 0 amide bonds. The Morgan fingerprint density at radius 1 is 1.21 bits per heavy atom. The number of aromatic carboxylic acids is 1. The van der Waals surface area contributed by atoms with Gasteiger partial charge in [-0.25, -0.2) is 9.59 Å². The molecule has 0 saturated carbocycles. The van der Waals surface area contributed by atoms with Crippen LogP contribution in [0.5, 0.6) is 0 Å². The topological polar surface area (TPSA) is 132 Å². The molecular formula is C24H22N4O6. The number of carbonyl (C=O) groups is 1. The van der Waals surface area contributed by atoms with E-state index in [1.54, 1.807) is 11.5 Å². The summed E-state index contributed by atoms with van der Waals surface area (Å²) in [5.74, 6) is -1.56. The number of hydrogen-bond acceptors (Lipinski definition) is 7. The molecule has 5 rings (SSSR count). The van der Waals surface area contributed by atoms with Crippen molar-refractivity contribution in [3.8, 4) is 0 Å². The average Bonchev–Trinajstić information content (AvgIpc) is 3.12. The van der Waals surface area contributed by atoms with Gasteiger partial charge in [0.25, 0.3) is 5.69 Å². The van der Waals surface area contributed by atoms with Crippen molar-refractivity contribution >= 4 is 39.3 Å². The lowest BCUT2D eigenvalue weighted by atomic mass is 9.99. The maximum atomic E-state index is 12.6. The predicted molar refractivity (Wildman–Crippen MR) is 126 cm³/mol. The van der Waals surface area contributed by atoms with E-state index in [4.69, 9.17) is 4.42 Å². The Hall–Kier alpha value is -4.21. The number of oxazole rings is 1. The number of rotatable bonds is 4. The highest BCUT2D eigenvalue weighted by Crippen LogP contribution is 2.37. The molecule has 0 spiro atoms. The molecule has 2 aromatic carbocycles. The van der Waals surface area contributed by atoms with Crippen molar-refractivity contribution in [3.05, 3.63) is 73.9 Å². The minimum atomic E-state index is -1.15. The third-order valence-corrected chi connectivity index (χ3v) is 6.47. The SMILES string of the molecule is Cc1ccc2c(c1)oc(=O)n2C1CCN(c2c(C(=O)O)cnc3c(C)cc([N+](=O)[O-])cc23)CC1. The Balaban J connectivity index is 1.54. The van der Waals surface area contributed by atoms with Gasteiger partial charge in [0.1, 0.15) is 5.56 Å². The van der Waals surface area contributed by atoms with Crippen molar-refractivity contribution in [2.24, 2.45) is 0 Å². The number of nitrogens with zero attached hydrogens (tertiary/aromatic N) is 4. The van der Waals surface area contributed by atoms with Gasteiger partial charge in [-0.15, -0.1) is 0 Å². The van der Waals surface area contributed by atoms with E-state index in [2.05, 4.69) is 4.98 Å². The second kappa shape index (κ2) is 7.98. The zero-order valence-electron chi connectivity index (χ0n) is 18.6. The molecule has 1 saturated heterocycles. The number of benzene rings is 2. The van der Waals surface area contributed by atoms with Crippen LogP contribution in [0.25, 0.3) is 22.0 Å². The van der Waals surface area contributed by atoms with Crippen molar-refractivity contribution in [2.45, 2.75) is 32.7 Å². The molecule has 0 bridgehead atoms. The van der Waals surface area contributed by atoms with Crippen LogP contribution in [-0.2, 0) is 0 Å². The molecule has 0 radical (unpaired) electrons. The fraction of sp³-hybridized carbons (Fsp3) is 0.292. The van der Waals surface area contributed by atoms with E-state index < -0.39 is 16.6 Å². The summed E-state index contributed by atoms with van der Waals surface area (Å²) in [6.45, 7) is 4.59. The Morgan fingerprint density at radius 2 is 1.94 bits per heavy atom. The fourth-order valence-corrected chi connectivity index (χ4v) is 4.89. The normalized spacial score (nSPS) is 14.7. The number of nitro groups is 1. The number of pyridine rings is 1. The third-order valence-electron chi connectivity index (χ3n) is 6.47. The highest BCUT2D eigenvalue weighted by atomic mass is 16.6. The lowest BCUT2D eigenvalue weighted by Crippen LogP contribution is -2.37. The van der Waals surface area contributed by atoms with Crippen LogP contribution in [0, 0.1) is 24.0 Å². The van der Waals surface area contributed by atoms with Crippen LogP contribution in [0.15, 0.2) is 45.7 Å². The van der Waals surface area contributed by atoms with E-state index in [-0.39, 0.29) is 17.3 Å². The molecule has 10 heteroatoms. The second-order valence-corrected chi connectivity index (χ2v) is 8.67. The van der Waals surface area contributed by atoms with Gasteiger partial charge in [-0.2, -0.15) is 0 Å². The standard InChI is InChI=1S/C24H22N4O6/c1-13-3-4-19-20(9-13)34-24(31)27(19)15-5-7-26(8-6-15)22-17-11-16(28(32)33)10-14(2)21(17)25-12-18(22)23(29)30/h3-4,9-12,15H,5-8H2,1-2H3,(H,29,30). The number of piperidine rings is 1. The predicted octanol–water partition coefficient (Wildman–Crippen LogP) is 4.21. The van der Waals surface area contributed by atoms with Crippen LogP contribution in [0.4, 0.5) is 11.4 Å². The maximum Gasteiger partial charge on any atom is 0.420 e. The zero-order valence-corrected chi connectivity index (χ0v) is 18.6. The molecule has 4 aromatic rings. The number of aryl methyl sites for hydroxylation is 2. The molecule has 34 heavy (non-hydrogen) atoms. The highest BCUT2D eigenvalue weighted by Gasteiger charge is 2.29. The van der Waals surface area contributed by atoms with E-state index in [0.29, 0.717) is 53.7 Å². The number of carboxylic acids is 1. The first kappa shape index (κ1) is 21.6. The van der Waals surface area contributed by atoms with E-state index >= 15 is 0 Å². The van der Waals surface area contributed by atoms with E-state index in [9.17, 15) is 24.8 Å². The molecule has 1 aliphatic heterocycles. The first-order valence-corrected chi connectivity index (χ1v) is 10.9. The van der Waals surface area contributed by atoms with Gasteiger partial charge in [0.15, 0.2) is 5.58 Å². The van der Waals surface area contributed by atoms with Gasteiger partial charge in [-0.1, -0.05) is 6.07 Å². The van der Waals surface area contributed by atoms with E-state index in [0.717, 1.165) is 11.1 Å². The molecular weight excluding hydrogens is 440 g/mol. The van der Waals surface area contributed by atoms with Crippen molar-refractivity contribution in [1.29, 1.82) is 0 Å². The van der Waals surface area contributed by atoms with Gasteiger partial charge >= 0.3 is 11.7 Å². The first-order valence-electron chi connectivity index (χ1n) is 10.9. The smallest absolute Gasteiger partial charge is 0.420 e. The second-order valence-electron chi connectivity index (χ2n) is 8.67. The summed E-state index contributed by atoms with van der Waals surface area (Å²) in [5.41, 5.74) is 3.71. The Labute approximate surface area is 193 Å². The molecule has 174 valence electrons. The van der Waals surface area contributed by atoms with E-state index in [1.165, 1.54) is 18.3 Å². The van der Waals surface area contributed by atoms with Crippen LogP contribution in [-0.4, -0.2) is 38.6 Å². The minimum absolute atomic E-state index is 0.00717. The van der Waals surface area contributed by atoms with Gasteiger partial charge in [-0.3, -0.25) is 19.7 Å². The van der Waals surface area contributed by atoms with Crippen molar-refractivity contribution in [1.82, 2.24) is 9.55 Å². The summed E-state index contributed by atoms with van der Waals surface area (Å²) < 4.78 is 7.12. The molecule has 0 unspecified atom stereocenters. The van der Waals surface area contributed by atoms with Crippen molar-refractivity contribution < 1.29 is 19.2 Å². The number of carboxylic acid groups (broad SMARTS) is 1. The van der Waals surface area contributed by atoms with E-state index in [1.807, 2.05) is 30.0 Å². The third kappa shape index (κ3) is 3.47. The molecule has 1 aliphatic rings. The average molecular weight is 462 g/mol. The molecule has 0 aliphatic carbocycles. The Bertz CT molecular complexity index is 1530. The molecule has 1 fully saturated rings. The van der Waals surface area contributed by atoms with Gasteiger partial charge < -0.3 is 14.4 Å². The fourth-order valence-electron chi connectivity index (χ4n) is 4.89. The van der Waals surface area contributed by atoms with Gasteiger partial charge in [-0.05, 0) is 49.9 Å². The number of fused-ring (bicyclic) bond motifs is 2. The summed E-state index contributed by atoms with van der Waals surface area (Å²) in [5, 5.41) is 21.7. The number of anilines is 1. The highest BCUT2D eigenvalue weighted by molar-refractivity contribution is 6.06. The summed E-state index contributed by atoms with van der Waals surface area (Å²) in [6, 6.07) is 8.36. The Morgan fingerprint density at radius 3 is 2.62 bits per heavy atom. The molecule has 0 atom stereocenters. The molecule has 2 aromatic heterocycles. The lowest BCUT2D eigenvalue weighted by molar-refractivity contribution is -0.384. The Kier molecular flexibility index (Phi) is 5.07. The maximum absolute atomic E-state index is 12.6. The van der Waals surface area contributed by atoms with Gasteiger partial charge in [0.05, 0.1) is 21.6 Å². The number of hydrogen-bond donors (Lipinski definition) is 1. The summed E-state index contributed by atoms with van der Waals surface area (Å²) >= 11 is 0. The monoisotopic (exact) mass is 462 g/mol. The number of non-ortho nitro benzene ring substituents is 1.